The number of hydrogen-bond acceptors (Lipinski definition) is 7. The second kappa shape index (κ2) is 7.62. The third-order valence-electron chi connectivity index (χ3n) is 3.44. The van der Waals surface area contributed by atoms with Crippen molar-refractivity contribution in [3.63, 3.8) is 0 Å². The summed E-state index contributed by atoms with van der Waals surface area (Å²) in [6, 6.07) is 5.53. The fraction of sp³-hybridized carbons (Fsp3) is 0.438. The van der Waals surface area contributed by atoms with Crippen LogP contribution in [0, 0.1) is 6.92 Å². The summed E-state index contributed by atoms with van der Waals surface area (Å²) in [4.78, 5) is 15.3. The van der Waals surface area contributed by atoms with E-state index in [-0.39, 0.29) is 0 Å². The fourth-order valence-corrected chi connectivity index (χ4v) is 2.19. The molecule has 7 heteroatoms. The molecule has 1 N–H and O–H groups in total. The minimum atomic E-state index is 0.489. The van der Waals surface area contributed by atoms with E-state index in [1.165, 1.54) is 0 Å². The summed E-state index contributed by atoms with van der Waals surface area (Å²) in [7, 11) is 3.23. The summed E-state index contributed by atoms with van der Waals surface area (Å²) < 4.78 is 10.6. The minimum Gasteiger partial charge on any atom is -0.497 e. The van der Waals surface area contributed by atoms with E-state index in [0.717, 1.165) is 24.5 Å². The summed E-state index contributed by atoms with van der Waals surface area (Å²) >= 11 is 0. The van der Waals surface area contributed by atoms with Gasteiger partial charge in [-0.15, -0.1) is 0 Å². The maximum Gasteiger partial charge on any atom is 0.232 e. The minimum absolute atomic E-state index is 0.489. The Morgan fingerprint density at radius 1 is 1.04 bits per heavy atom. The third kappa shape index (κ3) is 4.00. The molecule has 0 aliphatic carbocycles. The van der Waals surface area contributed by atoms with Gasteiger partial charge in [-0.05, 0) is 32.9 Å². The van der Waals surface area contributed by atoms with Gasteiger partial charge in [0, 0.05) is 19.2 Å². The smallest absolute Gasteiger partial charge is 0.232 e. The lowest BCUT2D eigenvalue weighted by molar-refractivity contribution is 0.395. The van der Waals surface area contributed by atoms with Gasteiger partial charge < -0.3 is 19.7 Å². The van der Waals surface area contributed by atoms with Gasteiger partial charge in [-0.3, -0.25) is 0 Å². The van der Waals surface area contributed by atoms with Crippen molar-refractivity contribution < 1.29 is 9.47 Å². The van der Waals surface area contributed by atoms with Crippen LogP contribution in [-0.2, 0) is 0 Å². The number of anilines is 3. The first-order chi connectivity index (χ1) is 11.1. The number of nitrogens with zero attached hydrogens (tertiary/aromatic N) is 4. The second-order valence-corrected chi connectivity index (χ2v) is 4.87. The molecule has 2 rings (SSSR count). The topological polar surface area (TPSA) is 72.4 Å². The van der Waals surface area contributed by atoms with Gasteiger partial charge in [0.25, 0.3) is 0 Å². The highest BCUT2D eigenvalue weighted by Crippen LogP contribution is 2.30. The van der Waals surface area contributed by atoms with Crippen LogP contribution in [0.2, 0.25) is 0 Å². The molecule has 1 aromatic heterocycles. The average Bonchev–Trinajstić information content (AvgIpc) is 2.56. The SMILES string of the molecule is CCN(CC)c1nc(C)nc(Nc2ccc(OC)cc2OC)n1. The van der Waals surface area contributed by atoms with Crippen molar-refractivity contribution in [1.82, 2.24) is 15.0 Å². The Bertz CT molecular complexity index is 659. The van der Waals surface area contributed by atoms with Crippen molar-refractivity contribution in [2.45, 2.75) is 20.8 Å². The number of ether oxygens (including phenoxy) is 2. The molecule has 0 radical (unpaired) electrons. The number of nitrogens with one attached hydrogen (secondary N) is 1. The molecule has 23 heavy (non-hydrogen) atoms. The molecule has 7 nitrogen and oxygen atoms in total. The van der Waals surface area contributed by atoms with Gasteiger partial charge in [0.2, 0.25) is 11.9 Å². The van der Waals surface area contributed by atoms with Crippen LogP contribution in [0.3, 0.4) is 0 Å². The Kier molecular flexibility index (Phi) is 5.56. The highest BCUT2D eigenvalue weighted by molar-refractivity contribution is 5.64. The van der Waals surface area contributed by atoms with E-state index in [4.69, 9.17) is 9.47 Å². The molecule has 0 spiro atoms. The molecule has 1 heterocycles. The first-order valence-electron chi connectivity index (χ1n) is 7.57. The van der Waals surface area contributed by atoms with Crippen molar-refractivity contribution in [1.29, 1.82) is 0 Å². The van der Waals surface area contributed by atoms with E-state index in [0.29, 0.717) is 23.5 Å². The molecule has 0 aliphatic heterocycles. The third-order valence-corrected chi connectivity index (χ3v) is 3.44. The molecule has 0 aliphatic rings. The number of aryl methyl sites for hydroxylation is 1. The Hall–Kier alpha value is -2.57. The van der Waals surface area contributed by atoms with Crippen LogP contribution >= 0.6 is 0 Å². The van der Waals surface area contributed by atoms with E-state index < -0.39 is 0 Å². The molecular formula is C16H23N5O2. The normalized spacial score (nSPS) is 10.3. The van der Waals surface area contributed by atoms with Gasteiger partial charge >= 0.3 is 0 Å². The van der Waals surface area contributed by atoms with Crippen LogP contribution in [-0.4, -0.2) is 42.3 Å². The molecule has 2 aromatic rings. The lowest BCUT2D eigenvalue weighted by Gasteiger charge is -2.19. The second-order valence-electron chi connectivity index (χ2n) is 4.87. The first-order valence-corrected chi connectivity index (χ1v) is 7.57. The lowest BCUT2D eigenvalue weighted by Crippen LogP contribution is -2.25. The molecule has 0 unspecified atom stereocenters. The quantitative estimate of drug-likeness (QED) is 0.841. The standard InChI is InChI=1S/C16H23N5O2/c1-6-21(7-2)16-18-11(3)17-15(20-16)19-13-9-8-12(22-4)10-14(13)23-5/h8-10H,6-7H2,1-5H3,(H,17,18,19,20). The molecule has 0 amide bonds. The van der Waals surface area contributed by atoms with Crippen molar-refractivity contribution in [2.24, 2.45) is 0 Å². The first kappa shape index (κ1) is 16.8. The number of aromatic nitrogens is 3. The lowest BCUT2D eigenvalue weighted by atomic mass is 10.2. The zero-order valence-electron chi connectivity index (χ0n) is 14.3. The van der Waals surface area contributed by atoms with Gasteiger partial charge in [0.05, 0.1) is 19.9 Å². The molecule has 1 aromatic carbocycles. The highest BCUT2D eigenvalue weighted by Gasteiger charge is 2.11. The van der Waals surface area contributed by atoms with E-state index in [1.54, 1.807) is 14.2 Å². The molecule has 0 fully saturated rings. The Balaban J connectivity index is 2.33. The van der Waals surface area contributed by atoms with Crippen molar-refractivity contribution in [3.8, 4) is 11.5 Å². The van der Waals surface area contributed by atoms with Gasteiger partial charge in [0.1, 0.15) is 17.3 Å². The van der Waals surface area contributed by atoms with Crippen LogP contribution in [0.1, 0.15) is 19.7 Å². The maximum absolute atomic E-state index is 5.39. The van der Waals surface area contributed by atoms with E-state index >= 15 is 0 Å². The molecule has 0 saturated heterocycles. The zero-order valence-corrected chi connectivity index (χ0v) is 14.3. The van der Waals surface area contributed by atoms with Crippen LogP contribution in [0.15, 0.2) is 18.2 Å². The zero-order chi connectivity index (χ0) is 16.8. The molecule has 0 saturated carbocycles. The Labute approximate surface area is 136 Å². The van der Waals surface area contributed by atoms with Crippen LogP contribution in [0.4, 0.5) is 17.6 Å². The van der Waals surface area contributed by atoms with Crippen LogP contribution < -0.4 is 19.7 Å². The van der Waals surface area contributed by atoms with E-state index in [9.17, 15) is 0 Å². The monoisotopic (exact) mass is 317 g/mol. The molecular weight excluding hydrogens is 294 g/mol. The van der Waals surface area contributed by atoms with Crippen molar-refractivity contribution in [2.75, 3.05) is 37.5 Å². The molecule has 124 valence electrons. The largest absolute Gasteiger partial charge is 0.497 e. The fourth-order valence-electron chi connectivity index (χ4n) is 2.19. The van der Waals surface area contributed by atoms with Crippen molar-refractivity contribution >= 4 is 17.6 Å². The number of hydrogen-bond donors (Lipinski definition) is 1. The Morgan fingerprint density at radius 3 is 2.39 bits per heavy atom. The van der Waals surface area contributed by atoms with Crippen LogP contribution in [0.5, 0.6) is 11.5 Å². The predicted molar refractivity (Wildman–Crippen MR) is 91.0 cm³/mol. The van der Waals surface area contributed by atoms with Gasteiger partial charge in [-0.2, -0.15) is 15.0 Å². The summed E-state index contributed by atoms with van der Waals surface area (Å²) in [6.07, 6.45) is 0. The number of methoxy groups -OCH3 is 2. The van der Waals surface area contributed by atoms with Crippen LogP contribution in [0.25, 0.3) is 0 Å². The molecule has 0 atom stereocenters. The summed E-state index contributed by atoms with van der Waals surface area (Å²) in [5.41, 5.74) is 0.768. The molecule has 0 bridgehead atoms. The van der Waals surface area contributed by atoms with E-state index in [1.807, 2.05) is 25.1 Å². The number of rotatable bonds is 7. The number of benzene rings is 1. The summed E-state index contributed by atoms with van der Waals surface area (Å²) in [5.74, 6) is 3.20. The predicted octanol–water partition coefficient (Wildman–Crippen LogP) is 2.79. The summed E-state index contributed by atoms with van der Waals surface area (Å²) in [5, 5.41) is 3.19. The van der Waals surface area contributed by atoms with E-state index in [2.05, 4.69) is 39.0 Å². The van der Waals surface area contributed by atoms with Gasteiger partial charge in [-0.25, -0.2) is 0 Å². The van der Waals surface area contributed by atoms with Gasteiger partial charge in [0.15, 0.2) is 0 Å². The summed E-state index contributed by atoms with van der Waals surface area (Å²) in [6.45, 7) is 7.67. The van der Waals surface area contributed by atoms with Crippen molar-refractivity contribution in [3.05, 3.63) is 24.0 Å². The Morgan fingerprint density at radius 2 is 1.78 bits per heavy atom. The highest BCUT2D eigenvalue weighted by atomic mass is 16.5. The van der Waals surface area contributed by atoms with Gasteiger partial charge in [-0.1, -0.05) is 0 Å². The maximum atomic E-state index is 5.39. The average molecular weight is 317 g/mol.